The van der Waals surface area contributed by atoms with Gasteiger partial charge in [-0.1, -0.05) is 19.1 Å². The zero-order chi connectivity index (χ0) is 11.4. The summed E-state index contributed by atoms with van der Waals surface area (Å²) >= 11 is 5.68. The van der Waals surface area contributed by atoms with Gasteiger partial charge < -0.3 is 9.73 Å². The Balaban J connectivity index is 1.99. The minimum atomic E-state index is 0.521. The number of alkyl halides is 1. The molecule has 4 heteroatoms. The van der Waals surface area contributed by atoms with E-state index < -0.39 is 0 Å². The number of anilines is 1. The average molecular weight is 239 g/mol. The maximum Gasteiger partial charge on any atom is 0.295 e. The number of aromatic nitrogens is 1. The molecule has 0 amide bonds. The number of rotatable bonds is 5. The topological polar surface area (TPSA) is 38.1 Å². The number of benzene rings is 1. The molecular weight excluding hydrogens is 224 g/mol. The molecule has 1 aromatic carbocycles. The van der Waals surface area contributed by atoms with Crippen molar-refractivity contribution in [3.63, 3.8) is 0 Å². The molecule has 0 aliphatic heterocycles. The van der Waals surface area contributed by atoms with E-state index in [0.29, 0.717) is 17.8 Å². The van der Waals surface area contributed by atoms with E-state index in [-0.39, 0.29) is 0 Å². The predicted molar refractivity (Wildman–Crippen MR) is 67.0 cm³/mol. The molecule has 0 spiro atoms. The molecule has 0 bridgehead atoms. The molecule has 0 radical (unpaired) electrons. The summed E-state index contributed by atoms with van der Waals surface area (Å²) in [6.07, 6.45) is 0.995. The SMILES string of the molecule is CC(CCCl)CNc1nc2ccccc2o1. The van der Waals surface area contributed by atoms with Gasteiger partial charge in [-0.05, 0) is 24.5 Å². The Morgan fingerprint density at radius 3 is 3.00 bits per heavy atom. The van der Waals surface area contributed by atoms with Crippen LogP contribution in [0.1, 0.15) is 13.3 Å². The first-order valence-corrected chi connectivity index (χ1v) is 5.98. The van der Waals surface area contributed by atoms with Crippen LogP contribution < -0.4 is 5.32 Å². The summed E-state index contributed by atoms with van der Waals surface area (Å²) in [7, 11) is 0. The third-order valence-corrected chi connectivity index (χ3v) is 2.72. The first-order valence-electron chi connectivity index (χ1n) is 5.45. The smallest absolute Gasteiger partial charge is 0.295 e. The van der Waals surface area contributed by atoms with Gasteiger partial charge in [0.1, 0.15) is 5.52 Å². The Labute approximate surface area is 99.8 Å². The third-order valence-electron chi connectivity index (χ3n) is 2.50. The van der Waals surface area contributed by atoms with Gasteiger partial charge in [0.25, 0.3) is 6.01 Å². The third kappa shape index (κ3) is 2.67. The number of nitrogens with zero attached hydrogens (tertiary/aromatic N) is 1. The van der Waals surface area contributed by atoms with Crippen molar-refractivity contribution in [1.82, 2.24) is 4.98 Å². The second kappa shape index (κ2) is 5.21. The lowest BCUT2D eigenvalue weighted by Gasteiger charge is -2.08. The normalized spacial score (nSPS) is 12.9. The molecule has 1 heterocycles. The van der Waals surface area contributed by atoms with E-state index in [4.69, 9.17) is 16.0 Å². The molecule has 0 aliphatic carbocycles. The van der Waals surface area contributed by atoms with Crippen molar-refractivity contribution >= 4 is 28.7 Å². The van der Waals surface area contributed by atoms with Gasteiger partial charge in [0.2, 0.25) is 0 Å². The van der Waals surface area contributed by atoms with Crippen LogP contribution in [0.3, 0.4) is 0 Å². The first kappa shape index (κ1) is 11.3. The van der Waals surface area contributed by atoms with E-state index in [0.717, 1.165) is 24.1 Å². The second-order valence-electron chi connectivity index (χ2n) is 3.95. The lowest BCUT2D eigenvalue weighted by molar-refractivity contribution is 0.564. The van der Waals surface area contributed by atoms with E-state index in [9.17, 15) is 0 Å². The van der Waals surface area contributed by atoms with Gasteiger partial charge in [-0.15, -0.1) is 11.6 Å². The number of fused-ring (bicyclic) bond motifs is 1. The Morgan fingerprint density at radius 2 is 2.25 bits per heavy atom. The van der Waals surface area contributed by atoms with Crippen LogP contribution in [0.2, 0.25) is 0 Å². The number of hydrogen-bond donors (Lipinski definition) is 1. The van der Waals surface area contributed by atoms with E-state index >= 15 is 0 Å². The van der Waals surface area contributed by atoms with Crippen molar-refractivity contribution in [3.8, 4) is 0 Å². The fourth-order valence-corrected chi connectivity index (χ4v) is 1.87. The van der Waals surface area contributed by atoms with Gasteiger partial charge >= 0.3 is 0 Å². The predicted octanol–water partition coefficient (Wildman–Crippen LogP) is 3.50. The molecule has 1 atom stereocenters. The molecule has 0 saturated carbocycles. The van der Waals surface area contributed by atoms with Crippen LogP contribution in [0.5, 0.6) is 0 Å². The molecule has 3 nitrogen and oxygen atoms in total. The molecule has 1 N–H and O–H groups in total. The van der Waals surface area contributed by atoms with Crippen molar-refractivity contribution < 1.29 is 4.42 Å². The molecule has 0 saturated heterocycles. The van der Waals surface area contributed by atoms with Crippen molar-refractivity contribution in [3.05, 3.63) is 24.3 Å². The Bertz CT molecular complexity index is 422. The van der Waals surface area contributed by atoms with Crippen LogP contribution in [0.25, 0.3) is 11.1 Å². The van der Waals surface area contributed by atoms with Crippen LogP contribution in [-0.4, -0.2) is 17.4 Å². The number of halogens is 1. The van der Waals surface area contributed by atoms with Crippen LogP contribution in [0.4, 0.5) is 6.01 Å². The standard InChI is InChI=1S/C12H15ClN2O/c1-9(6-7-13)8-14-12-15-10-4-2-3-5-11(10)16-12/h2-5,9H,6-8H2,1H3,(H,14,15). The van der Waals surface area contributed by atoms with Crippen LogP contribution in [-0.2, 0) is 0 Å². The number of para-hydroxylation sites is 2. The maximum atomic E-state index is 5.68. The largest absolute Gasteiger partial charge is 0.424 e. The second-order valence-corrected chi connectivity index (χ2v) is 4.33. The molecule has 0 aliphatic rings. The lowest BCUT2D eigenvalue weighted by Crippen LogP contribution is -2.11. The number of hydrogen-bond acceptors (Lipinski definition) is 3. The van der Waals surface area contributed by atoms with E-state index in [1.165, 1.54) is 0 Å². The van der Waals surface area contributed by atoms with Gasteiger partial charge in [-0.2, -0.15) is 4.98 Å². The Morgan fingerprint density at radius 1 is 1.44 bits per heavy atom. The monoisotopic (exact) mass is 238 g/mol. The zero-order valence-electron chi connectivity index (χ0n) is 9.24. The first-order chi connectivity index (χ1) is 7.79. The van der Waals surface area contributed by atoms with E-state index in [2.05, 4.69) is 17.2 Å². The van der Waals surface area contributed by atoms with Crippen molar-refractivity contribution in [2.45, 2.75) is 13.3 Å². The maximum absolute atomic E-state index is 5.68. The summed E-state index contributed by atoms with van der Waals surface area (Å²) in [6, 6.07) is 8.32. The summed E-state index contributed by atoms with van der Waals surface area (Å²) in [5, 5.41) is 3.18. The van der Waals surface area contributed by atoms with Crippen LogP contribution >= 0.6 is 11.6 Å². The Hall–Kier alpha value is -1.22. The molecule has 1 unspecified atom stereocenters. The molecule has 2 aromatic rings. The zero-order valence-corrected chi connectivity index (χ0v) is 10.00. The summed E-state index contributed by atoms with van der Waals surface area (Å²) in [4.78, 5) is 4.33. The molecule has 86 valence electrons. The van der Waals surface area contributed by atoms with Crippen molar-refractivity contribution in [2.75, 3.05) is 17.7 Å². The minimum Gasteiger partial charge on any atom is -0.424 e. The summed E-state index contributed by atoms with van der Waals surface area (Å²) < 4.78 is 5.54. The van der Waals surface area contributed by atoms with Crippen LogP contribution in [0, 0.1) is 5.92 Å². The number of oxazole rings is 1. The quantitative estimate of drug-likeness (QED) is 0.811. The molecule has 0 fully saturated rings. The highest BCUT2D eigenvalue weighted by Gasteiger charge is 2.06. The van der Waals surface area contributed by atoms with Gasteiger partial charge in [-0.25, -0.2) is 0 Å². The van der Waals surface area contributed by atoms with Gasteiger partial charge in [0.15, 0.2) is 5.58 Å². The van der Waals surface area contributed by atoms with Crippen molar-refractivity contribution in [1.29, 1.82) is 0 Å². The van der Waals surface area contributed by atoms with Crippen molar-refractivity contribution in [2.24, 2.45) is 5.92 Å². The molecule has 1 aromatic heterocycles. The van der Waals surface area contributed by atoms with E-state index in [1.54, 1.807) is 0 Å². The fourth-order valence-electron chi connectivity index (χ4n) is 1.50. The molecule has 2 rings (SSSR count). The summed E-state index contributed by atoms with van der Waals surface area (Å²) in [5.74, 6) is 1.21. The highest BCUT2D eigenvalue weighted by molar-refractivity contribution is 6.17. The van der Waals surface area contributed by atoms with E-state index in [1.807, 2.05) is 24.3 Å². The highest BCUT2D eigenvalue weighted by atomic mass is 35.5. The molecule has 16 heavy (non-hydrogen) atoms. The summed E-state index contributed by atoms with van der Waals surface area (Å²) in [5.41, 5.74) is 1.70. The lowest BCUT2D eigenvalue weighted by atomic mass is 10.1. The number of nitrogens with one attached hydrogen (secondary N) is 1. The fraction of sp³-hybridized carbons (Fsp3) is 0.417. The van der Waals surface area contributed by atoms with Gasteiger partial charge in [-0.3, -0.25) is 0 Å². The van der Waals surface area contributed by atoms with Gasteiger partial charge in [0, 0.05) is 12.4 Å². The summed E-state index contributed by atoms with van der Waals surface area (Å²) in [6.45, 7) is 2.98. The minimum absolute atomic E-state index is 0.521. The molecular formula is C12H15ClN2O. The Kier molecular flexibility index (Phi) is 3.67. The average Bonchev–Trinajstić information content (AvgIpc) is 2.69. The highest BCUT2D eigenvalue weighted by Crippen LogP contribution is 2.18. The van der Waals surface area contributed by atoms with Crippen LogP contribution in [0.15, 0.2) is 28.7 Å². The van der Waals surface area contributed by atoms with Gasteiger partial charge in [0.05, 0.1) is 0 Å².